The van der Waals surface area contributed by atoms with Gasteiger partial charge in [0.25, 0.3) is 0 Å². The van der Waals surface area contributed by atoms with Gasteiger partial charge in [-0.1, -0.05) is 49.4 Å². The lowest BCUT2D eigenvalue weighted by Gasteiger charge is -2.36. The number of benzene rings is 2. The second kappa shape index (κ2) is 7.78. The molecule has 2 aromatic rings. The minimum absolute atomic E-state index is 0.105. The molecule has 1 aliphatic rings. The van der Waals surface area contributed by atoms with E-state index in [1.165, 1.54) is 0 Å². The molecule has 1 aliphatic heterocycles. The number of carbonyl (C=O) groups excluding carboxylic acids is 1. The fourth-order valence-electron chi connectivity index (χ4n) is 3.86. The van der Waals surface area contributed by atoms with Crippen LogP contribution in [-0.4, -0.2) is 37.1 Å². The molecule has 5 heteroatoms. The summed E-state index contributed by atoms with van der Waals surface area (Å²) in [5, 5.41) is 0.942. The smallest absolute Gasteiger partial charge is 0.240 e. The van der Waals surface area contributed by atoms with Gasteiger partial charge in [-0.25, -0.2) is 8.42 Å². The van der Waals surface area contributed by atoms with Gasteiger partial charge < -0.3 is 4.90 Å². The average molecular weight is 374 g/mol. The van der Waals surface area contributed by atoms with Crippen molar-refractivity contribution in [2.75, 3.05) is 6.54 Å². The number of piperidine rings is 1. The molecule has 1 saturated heterocycles. The fourth-order valence-corrected chi connectivity index (χ4v) is 5.24. The van der Waals surface area contributed by atoms with Crippen LogP contribution in [0.1, 0.15) is 45.1 Å². The highest BCUT2D eigenvalue weighted by Gasteiger charge is 2.35. The van der Waals surface area contributed by atoms with Gasteiger partial charge in [-0.15, -0.1) is 0 Å². The van der Waals surface area contributed by atoms with Crippen molar-refractivity contribution in [3.63, 3.8) is 0 Å². The number of likely N-dealkylation sites (tertiary alicyclic amines) is 1. The molecule has 0 N–H and O–H groups in total. The summed E-state index contributed by atoms with van der Waals surface area (Å²) in [6.45, 7) is 4.28. The maximum absolute atomic E-state index is 13.0. The topological polar surface area (TPSA) is 54.5 Å². The zero-order valence-corrected chi connectivity index (χ0v) is 16.3. The molecule has 0 bridgehead atoms. The summed E-state index contributed by atoms with van der Waals surface area (Å²) in [5.41, 5.74) is 0.758. The molecule has 0 spiro atoms. The van der Waals surface area contributed by atoms with E-state index < -0.39 is 15.1 Å². The molecule has 0 radical (unpaired) electrons. The monoisotopic (exact) mass is 373 g/mol. The lowest BCUT2D eigenvalue weighted by Crippen LogP contribution is -2.49. The molecule has 1 fully saturated rings. The first-order valence-electron chi connectivity index (χ1n) is 9.42. The summed E-state index contributed by atoms with van der Waals surface area (Å²) in [4.78, 5) is 14.7. The van der Waals surface area contributed by atoms with Crippen LogP contribution in [0.15, 0.2) is 42.5 Å². The molecule has 4 nitrogen and oxygen atoms in total. The summed E-state index contributed by atoms with van der Waals surface area (Å²) in [6, 6.07) is 13.6. The van der Waals surface area contributed by atoms with E-state index in [9.17, 15) is 13.2 Å². The Bertz CT molecular complexity index is 886. The van der Waals surface area contributed by atoms with Gasteiger partial charge in [0.15, 0.2) is 9.84 Å². The second-order valence-corrected chi connectivity index (χ2v) is 9.50. The Morgan fingerprint density at radius 1 is 1.15 bits per heavy atom. The van der Waals surface area contributed by atoms with Gasteiger partial charge in [0.05, 0.1) is 5.75 Å². The molecule has 0 saturated carbocycles. The number of amides is 1. The SMILES string of the molecule is CC[C@H]1CCCCN1C(=O)[C@H](C)S(=O)(=O)Cc1cccc2ccccc12. The van der Waals surface area contributed by atoms with Crippen molar-refractivity contribution in [2.45, 2.75) is 56.6 Å². The second-order valence-electron chi connectivity index (χ2n) is 7.18. The molecule has 0 aliphatic carbocycles. The number of sulfone groups is 1. The van der Waals surface area contributed by atoms with Crippen molar-refractivity contribution >= 4 is 26.5 Å². The number of fused-ring (bicyclic) bond motifs is 1. The van der Waals surface area contributed by atoms with E-state index in [2.05, 4.69) is 6.92 Å². The largest absolute Gasteiger partial charge is 0.339 e. The van der Waals surface area contributed by atoms with Crippen LogP contribution in [0.25, 0.3) is 10.8 Å². The standard InChI is InChI=1S/C21H27NO3S/c1-3-19-12-6-7-14-22(19)21(23)16(2)26(24,25)15-18-11-8-10-17-9-4-5-13-20(17)18/h4-5,8-11,13,16,19H,3,6-7,12,14-15H2,1-2H3/t16-,19-/m0/s1. The molecule has 0 unspecified atom stereocenters. The first-order valence-corrected chi connectivity index (χ1v) is 11.1. The molecule has 26 heavy (non-hydrogen) atoms. The summed E-state index contributed by atoms with van der Waals surface area (Å²) >= 11 is 0. The Morgan fingerprint density at radius 3 is 2.65 bits per heavy atom. The van der Waals surface area contributed by atoms with E-state index in [1.54, 1.807) is 11.8 Å². The summed E-state index contributed by atoms with van der Waals surface area (Å²) in [7, 11) is -3.58. The Hall–Kier alpha value is -1.88. The quantitative estimate of drug-likeness (QED) is 0.798. The van der Waals surface area contributed by atoms with Crippen LogP contribution in [0.4, 0.5) is 0 Å². The van der Waals surface area contributed by atoms with Gasteiger partial charge in [-0.3, -0.25) is 4.79 Å². The fraction of sp³-hybridized carbons (Fsp3) is 0.476. The van der Waals surface area contributed by atoms with Crippen molar-refractivity contribution in [1.82, 2.24) is 4.90 Å². The van der Waals surface area contributed by atoms with Gasteiger partial charge >= 0.3 is 0 Å². The van der Waals surface area contributed by atoms with Gasteiger partial charge in [0, 0.05) is 12.6 Å². The van der Waals surface area contributed by atoms with Crippen LogP contribution < -0.4 is 0 Å². The maximum Gasteiger partial charge on any atom is 0.240 e. The van der Waals surface area contributed by atoms with Crippen LogP contribution in [-0.2, 0) is 20.4 Å². The van der Waals surface area contributed by atoms with E-state index in [0.717, 1.165) is 42.0 Å². The van der Waals surface area contributed by atoms with Crippen molar-refractivity contribution in [3.8, 4) is 0 Å². The predicted molar refractivity (Wildman–Crippen MR) is 106 cm³/mol. The van der Waals surface area contributed by atoms with E-state index in [4.69, 9.17) is 0 Å². The molecule has 0 aromatic heterocycles. The first-order chi connectivity index (χ1) is 12.4. The van der Waals surface area contributed by atoms with E-state index in [0.29, 0.717) is 6.54 Å². The third-order valence-electron chi connectivity index (χ3n) is 5.50. The van der Waals surface area contributed by atoms with Gasteiger partial charge in [-0.05, 0) is 48.9 Å². The number of carbonyl (C=O) groups is 1. The predicted octanol–water partition coefficient (Wildman–Crippen LogP) is 3.93. The van der Waals surface area contributed by atoms with Crippen molar-refractivity contribution in [3.05, 3.63) is 48.0 Å². The number of rotatable bonds is 5. The van der Waals surface area contributed by atoms with E-state index in [-0.39, 0.29) is 17.7 Å². The Labute approximate surface area is 156 Å². The molecule has 140 valence electrons. The molecule has 1 amide bonds. The van der Waals surface area contributed by atoms with Crippen LogP contribution in [0, 0.1) is 0 Å². The summed E-state index contributed by atoms with van der Waals surface area (Å²) in [5.74, 6) is -0.344. The first kappa shape index (κ1) is 18.9. The van der Waals surface area contributed by atoms with E-state index >= 15 is 0 Å². The summed E-state index contributed by atoms with van der Waals surface area (Å²) < 4.78 is 26.0. The van der Waals surface area contributed by atoms with Gasteiger partial charge in [0.1, 0.15) is 5.25 Å². The Morgan fingerprint density at radius 2 is 1.88 bits per heavy atom. The molecular formula is C21H27NO3S. The lowest BCUT2D eigenvalue weighted by atomic mass is 10.00. The van der Waals surface area contributed by atoms with Crippen molar-refractivity contribution in [1.29, 1.82) is 0 Å². The highest BCUT2D eigenvalue weighted by molar-refractivity contribution is 7.92. The number of hydrogen-bond donors (Lipinski definition) is 0. The van der Waals surface area contributed by atoms with Crippen LogP contribution in [0.2, 0.25) is 0 Å². The van der Waals surface area contributed by atoms with E-state index in [1.807, 2.05) is 42.5 Å². The maximum atomic E-state index is 13.0. The number of hydrogen-bond acceptors (Lipinski definition) is 3. The Balaban J connectivity index is 1.83. The third kappa shape index (κ3) is 3.78. The minimum atomic E-state index is -3.58. The zero-order chi connectivity index (χ0) is 18.7. The summed E-state index contributed by atoms with van der Waals surface area (Å²) in [6.07, 6.45) is 3.91. The Kier molecular flexibility index (Phi) is 5.66. The molecule has 2 aromatic carbocycles. The van der Waals surface area contributed by atoms with Crippen LogP contribution in [0.5, 0.6) is 0 Å². The lowest BCUT2D eigenvalue weighted by molar-refractivity contribution is -0.134. The van der Waals surface area contributed by atoms with Crippen molar-refractivity contribution < 1.29 is 13.2 Å². The molecular weight excluding hydrogens is 346 g/mol. The van der Waals surface area contributed by atoms with Crippen LogP contribution in [0.3, 0.4) is 0 Å². The normalized spacial score (nSPS) is 19.5. The van der Waals surface area contributed by atoms with Gasteiger partial charge in [-0.2, -0.15) is 0 Å². The molecule has 1 heterocycles. The highest BCUT2D eigenvalue weighted by Crippen LogP contribution is 2.25. The third-order valence-corrected chi connectivity index (χ3v) is 7.50. The molecule has 3 rings (SSSR count). The minimum Gasteiger partial charge on any atom is -0.339 e. The van der Waals surface area contributed by atoms with Crippen LogP contribution >= 0.6 is 0 Å². The zero-order valence-electron chi connectivity index (χ0n) is 15.5. The average Bonchev–Trinajstić information content (AvgIpc) is 2.67. The van der Waals surface area contributed by atoms with Crippen molar-refractivity contribution in [2.24, 2.45) is 0 Å². The molecule has 2 atom stereocenters. The highest BCUT2D eigenvalue weighted by atomic mass is 32.2. The van der Waals surface area contributed by atoms with Gasteiger partial charge in [0.2, 0.25) is 5.91 Å². The number of nitrogens with zero attached hydrogens (tertiary/aromatic N) is 1.